The minimum atomic E-state index is -4.44. The summed E-state index contributed by atoms with van der Waals surface area (Å²) < 4.78 is 39.2. The highest BCUT2D eigenvalue weighted by atomic mass is 19.4. The first-order valence-electron chi connectivity index (χ1n) is 5.84. The lowest BCUT2D eigenvalue weighted by Gasteiger charge is -2.24. The molecule has 0 aliphatic carbocycles. The Morgan fingerprint density at radius 1 is 1.56 bits per heavy atom. The molecule has 4 nitrogen and oxygen atoms in total. The standard InChI is InChI=1S/C11H14F3N3O/c1-2-7-5-9(11(12,13)14)16-17(7)8-3-4-15-10(18)6-8/h5,8H,2-4,6H2,1H3,(H,15,18). The second kappa shape index (κ2) is 4.62. The van der Waals surface area contributed by atoms with Crippen LogP contribution in [0.25, 0.3) is 0 Å². The molecular formula is C11H14F3N3O. The minimum Gasteiger partial charge on any atom is -0.356 e. The highest BCUT2D eigenvalue weighted by Crippen LogP contribution is 2.31. The van der Waals surface area contributed by atoms with E-state index < -0.39 is 11.9 Å². The number of nitrogens with zero attached hydrogens (tertiary/aromatic N) is 2. The fourth-order valence-electron chi connectivity index (χ4n) is 2.13. The van der Waals surface area contributed by atoms with Crippen molar-refractivity contribution in [3.63, 3.8) is 0 Å². The van der Waals surface area contributed by atoms with E-state index in [0.29, 0.717) is 25.1 Å². The number of alkyl halides is 3. The molecule has 1 atom stereocenters. The Hall–Kier alpha value is -1.53. The van der Waals surface area contributed by atoms with Gasteiger partial charge in [0.2, 0.25) is 5.91 Å². The molecule has 2 rings (SSSR count). The van der Waals surface area contributed by atoms with Gasteiger partial charge in [0.1, 0.15) is 0 Å². The van der Waals surface area contributed by atoms with Crippen molar-refractivity contribution in [1.82, 2.24) is 15.1 Å². The quantitative estimate of drug-likeness (QED) is 0.884. The Balaban J connectivity index is 2.31. The van der Waals surface area contributed by atoms with Gasteiger partial charge < -0.3 is 5.32 Å². The van der Waals surface area contributed by atoms with Crippen LogP contribution in [0, 0.1) is 0 Å². The number of hydrogen-bond donors (Lipinski definition) is 1. The lowest BCUT2D eigenvalue weighted by molar-refractivity contribution is -0.141. The van der Waals surface area contributed by atoms with Gasteiger partial charge in [-0.1, -0.05) is 6.92 Å². The van der Waals surface area contributed by atoms with Gasteiger partial charge in [-0.05, 0) is 18.9 Å². The normalized spacial score (nSPS) is 20.9. The fourth-order valence-corrected chi connectivity index (χ4v) is 2.13. The lowest BCUT2D eigenvalue weighted by atomic mass is 10.1. The summed E-state index contributed by atoms with van der Waals surface area (Å²) in [5.41, 5.74) is -0.368. The molecule has 7 heteroatoms. The zero-order valence-electron chi connectivity index (χ0n) is 9.92. The van der Waals surface area contributed by atoms with Crippen LogP contribution in [0.3, 0.4) is 0 Å². The number of nitrogens with one attached hydrogen (secondary N) is 1. The number of amides is 1. The molecule has 100 valence electrons. The zero-order valence-corrected chi connectivity index (χ0v) is 9.92. The number of hydrogen-bond acceptors (Lipinski definition) is 2. The maximum Gasteiger partial charge on any atom is 0.435 e. The van der Waals surface area contributed by atoms with E-state index in [4.69, 9.17) is 0 Å². The molecule has 1 N–H and O–H groups in total. The van der Waals surface area contributed by atoms with Crippen molar-refractivity contribution in [2.45, 2.75) is 38.4 Å². The van der Waals surface area contributed by atoms with E-state index in [2.05, 4.69) is 10.4 Å². The number of rotatable bonds is 2. The van der Waals surface area contributed by atoms with Crippen LogP contribution in [0.1, 0.15) is 37.2 Å². The van der Waals surface area contributed by atoms with E-state index in [-0.39, 0.29) is 18.4 Å². The number of carbonyl (C=O) groups is 1. The molecular weight excluding hydrogens is 247 g/mol. The number of carbonyl (C=O) groups excluding carboxylic acids is 1. The van der Waals surface area contributed by atoms with E-state index in [1.54, 1.807) is 6.92 Å². The molecule has 1 amide bonds. The van der Waals surface area contributed by atoms with E-state index >= 15 is 0 Å². The van der Waals surface area contributed by atoms with Gasteiger partial charge in [-0.25, -0.2) is 0 Å². The van der Waals surface area contributed by atoms with Crippen molar-refractivity contribution in [1.29, 1.82) is 0 Å². The Morgan fingerprint density at radius 2 is 2.28 bits per heavy atom. The summed E-state index contributed by atoms with van der Waals surface area (Å²) in [5, 5.41) is 6.28. The zero-order chi connectivity index (χ0) is 13.3. The SMILES string of the molecule is CCc1cc(C(F)(F)F)nn1C1CCNC(=O)C1. The molecule has 1 aromatic rings. The summed E-state index contributed by atoms with van der Waals surface area (Å²) in [7, 11) is 0. The lowest BCUT2D eigenvalue weighted by Crippen LogP contribution is -2.35. The maximum atomic E-state index is 12.6. The van der Waals surface area contributed by atoms with E-state index in [9.17, 15) is 18.0 Å². The van der Waals surface area contributed by atoms with E-state index in [0.717, 1.165) is 6.07 Å². The predicted octanol–water partition coefficient (Wildman–Crippen LogP) is 1.92. The molecule has 1 aromatic heterocycles. The van der Waals surface area contributed by atoms with Crippen LogP contribution >= 0.6 is 0 Å². The summed E-state index contributed by atoms with van der Waals surface area (Å²) in [6.07, 6.45) is -3.18. The third-order valence-electron chi connectivity index (χ3n) is 3.03. The van der Waals surface area contributed by atoms with Gasteiger partial charge >= 0.3 is 6.18 Å². The maximum absolute atomic E-state index is 12.6. The first-order valence-corrected chi connectivity index (χ1v) is 5.84. The molecule has 2 heterocycles. The Kier molecular flexibility index (Phi) is 3.32. The van der Waals surface area contributed by atoms with Gasteiger partial charge in [0.25, 0.3) is 0 Å². The van der Waals surface area contributed by atoms with E-state index in [1.165, 1.54) is 4.68 Å². The van der Waals surface area contributed by atoms with Crippen molar-refractivity contribution < 1.29 is 18.0 Å². The third kappa shape index (κ3) is 2.49. The van der Waals surface area contributed by atoms with Gasteiger partial charge in [0.05, 0.1) is 6.04 Å². The van der Waals surface area contributed by atoms with Gasteiger partial charge in [-0.15, -0.1) is 0 Å². The molecule has 0 spiro atoms. The summed E-state index contributed by atoms with van der Waals surface area (Å²) in [6, 6.07) is 0.789. The molecule has 0 radical (unpaired) electrons. The minimum absolute atomic E-state index is 0.141. The Labute approximate surface area is 102 Å². The Morgan fingerprint density at radius 3 is 2.83 bits per heavy atom. The summed E-state index contributed by atoms with van der Waals surface area (Å²) in [5.74, 6) is -0.141. The summed E-state index contributed by atoms with van der Waals surface area (Å²) >= 11 is 0. The average Bonchev–Trinajstić information content (AvgIpc) is 2.72. The summed E-state index contributed by atoms with van der Waals surface area (Å²) in [6.45, 7) is 2.25. The van der Waals surface area contributed by atoms with Gasteiger partial charge in [-0.2, -0.15) is 18.3 Å². The van der Waals surface area contributed by atoms with Crippen molar-refractivity contribution in [3.05, 3.63) is 17.5 Å². The van der Waals surface area contributed by atoms with Gasteiger partial charge in [0, 0.05) is 18.7 Å². The van der Waals surface area contributed by atoms with Crippen molar-refractivity contribution in [2.75, 3.05) is 6.54 Å². The van der Waals surface area contributed by atoms with Crippen LogP contribution in [0.4, 0.5) is 13.2 Å². The molecule has 1 unspecified atom stereocenters. The van der Waals surface area contributed by atoms with Crippen LogP contribution in [0.15, 0.2) is 6.07 Å². The number of aryl methyl sites for hydroxylation is 1. The van der Waals surface area contributed by atoms with Gasteiger partial charge in [-0.3, -0.25) is 9.48 Å². The summed E-state index contributed by atoms with van der Waals surface area (Å²) in [4.78, 5) is 11.3. The van der Waals surface area contributed by atoms with Crippen LogP contribution in [0.5, 0.6) is 0 Å². The molecule has 1 aliphatic rings. The molecule has 1 fully saturated rings. The molecule has 0 aromatic carbocycles. The average molecular weight is 261 g/mol. The molecule has 1 aliphatic heterocycles. The number of aromatic nitrogens is 2. The molecule has 18 heavy (non-hydrogen) atoms. The van der Waals surface area contributed by atoms with Crippen LogP contribution in [0.2, 0.25) is 0 Å². The van der Waals surface area contributed by atoms with Crippen molar-refractivity contribution in [2.24, 2.45) is 0 Å². The number of piperidine rings is 1. The highest BCUT2D eigenvalue weighted by Gasteiger charge is 2.36. The first-order chi connectivity index (χ1) is 8.41. The fraction of sp³-hybridized carbons (Fsp3) is 0.636. The predicted molar refractivity (Wildman–Crippen MR) is 57.9 cm³/mol. The smallest absolute Gasteiger partial charge is 0.356 e. The van der Waals surface area contributed by atoms with Crippen LogP contribution in [-0.4, -0.2) is 22.2 Å². The Bertz CT molecular complexity index is 453. The second-order valence-corrected chi connectivity index (χ2v) is 4.31. The molecule has 0 saturated carbocycles. The first kappa shape index (κ1) is 12.9. The number of halogens is 3. The highest BCUT2D eigenvalue weighted by molar-refractivity contribution is 5.77. The molecule has 1 saturated heterocycles. The van der Waals surface area contributed by atoms with Crippen LogP contribution in [-0.2, 0) is 17.4 Å². The monoisotopic (exact) mass is 261 g/mol. The van der Waals surface area contributed by atoms with Gasteiger partial charge in [0.15, 0.2) is 5.69 Å². The van der Waals surface area contributed by atoms with Crippen LogP contribution < -0.4 is 5.32 Å². The molecule has 0 bridgehead atoms. The van der Waals surface area contributed by atoms with E-state index in [1.807, 2.05) is 0 Å². The van der Waals surface area contributed by atoms with Crippen molar-refractivity contribution in [3.8, 4) is 0 Å². The third-order valence-corrected chi connectivity index (χ3v) is 3.03. The largest absolute Gasteiger partial charge is 0.435 e. The van der Waals surface area contributed by atoms with Crippen molar-refractivity contribution >= 4 is 5.91 Å². The second-order valence-electron chi connectivity index (χ2n) is 4.31. The topological polar surface area (TPSA) is 46.9 Å².